The number of hydrogen-bond acceptors (Lipinski definition) is 2. The van der Waals surface area contributed by atoms with Gasteiger partial charge in [-0.25, -0.2) is 0 Å². The van der Waals surface area contributed by atoms with Crippen molar-refractivity contribution in [2.24, 2.45) is 5.41 Å². The summed E-state index contributed by atoms with van der Waals surface area (Å²) in [5.74, 6) is 0. The van der Waals surface area contributed by atoms with Gasteiger partial charge in [0.1, 0.15) is 0 Å². The normalized spacial score (nSPS) is 28.9. The summed E-state index contributed by atoms with van der Waals surface area (Å²) in [6, 6.07) is 11.5. The van der Waals surface area contributed by atoms with Gasteiger partial charge in [0, 0.05) is 18.7 Å². The second-order valence-electron chi connectivity index (χ2n) is 6.59. The molecule has 0 spiro atoms. The number of ether oxygens (including phenoxy) is 1. The summed E-state index contributed by atoms with van der Waals surface area (Å²) in [5, 5.41) is 3.83. The first-order chi connectivity index (χ1) is 9.02. The van der Waals surface area contributed by atoms with Crippen LogP contribution in [0.2, 0.25) is 0 Å². The molecular weight excluding hydrogens is 234 g/mol. The highest BCUT2D eigenvalue weighted by atomic mass is 16.5. The van der Waals surface area contributed by atoms with Gasteiger partial charge in [0.15, 0.2) is 0 Å². The summed E-state index contributed by atoms with van der Waals surface area (Å²) in [5.41, 5.74) is 1.57. The molecule has 1 aromatic carbocycles. The van der Waals surface area contributed by atoms with Crippen molar-refractivity contribution in [2.75, 3.05) is 6.61 Å². The lowest BCUT2D eigenvalue weighted by Crippen LogP contribution is -2.46. The summed E-state index contributed by atoms with van der Waals surface area (Å²) < 4.78 is 6.16. The molecule has 0 radical (unpaired) electrons. The molecule has 0 saturated carbocycles. The summed E-state index contributed by atoms with van der Waals surface area (Å²) in [4.78, 5) is 0. The quantitative estimate of drug-likeness (QED) is 0.871. The predicted molar refractivity (Wildman–Crippen MR) is 80.2 cm³/mol. The molecule has 3 unspecified atom stereocenters. The Bertz CT molecular complexity index is 382. The molecule has 0 aromatic heterocycles. The van der Waals surface area contributed by atoms with E-state index in [2.05, 4.69) is 63.3 Å². The van der Waals surface area contributed by atoms with Crippen molar-refractivity contribution in [2.45, 2.75) is 58.7 Å². The van der Waals surface area contributed by atoms with E-state index in [0.717, 1.165) is 19.4 Å². The van der Waals surface area contributed by atoms with Crippen LogP contribution in [0.3, 0.4) is 0 Å². The second-order valence-corrected chi connectivity index (χ2v) is 6.59. The van der Waals surface area contributed by atoms with Crippen LogP contribution in [0.4, 0.5) is 0 Å². The Kier molecular flexibility index (Phi) is 4.64. The third-order valence-corrected chi connectivity index (χ3v) is 4.10. The van der Waals surface area contributed by atoms with E-state index in [1.807, 2.05) is 0 Å². The van der Waals surface area contributed by atoms with Crippen LogP contribution < -0.4 is 5.32 Å². The van der Waals surface area contributed by atoms with Crippen LogP contribution in [-0.4, -0.2) is 18.7 Å². The van der Waals surface area contributed by atoms with Gasteiger partial charge >= 0.3 is 0 Å². The zero-order valence-electron chi connectivity index (χ0n) is 12.6. The van der Waals surface area contributed by atoms with Crippen LogP contribution in [0.1, 0.15) is 52.2 Å². The van der Waals surface area contributed by atoms with Crippen LogP contribution >= 0.6 is 0 Å². The van der Waals surface area contributed by atoms with Crippen molar-refractivity contribution in [1.82, 2.24) is 5.32 Å². The Morgan fingerprint density at radius 1 is 1.21 bits per heavy atom. The van der Waals surface area contributed by atoms with E-state index in [1.54, 1.807) is 0 Å². The molecule has 1 aliphatic rings. The van der Waals surface area contributed by atoms with Gasteiger partial charge < -0.3 is 10.1 Å². The lowest BCUT2D eigenvalue weighted by atomic mass is 9.84. The van der Waals surface area contributed by atoms with E-state index in [-0.39, 0.29) is 11.5 Å². The highest BCUT2D eigenvalue weighted by Gasteiger charge is 2.33. The lowest BCUT2D eigenvalue weighted by Gasteiger charge is -2.34. The standard InChI is InChI=1S/C17H27NO/c1-5-14-16(13-9-7-6-8-10-13)19-12-11-15(18-14)17(2,3)4/h6-10,14-16,18H,5,11-12H2,1-4H3. The molecule has 106 valence electrons. The molecule has 1 fully saturated rings. The molecule has 2 rings (SSSR count). The van der Waals surface area contributed by atoms with Gasteiger partial charge in [0.2, 0.25) is 0 Å². The van der Waals surface area contributed by atoms with Gasteiger partial charge in [-0.2, -0.15) is 0 Å². The van der Waals surface area contributed by atoms with Crippen LogP contribution in [0.25, 0.3) is 0 Å². The van der Waals surface area contributed by atoms with Crippen molar-refractivity contribution in [3.05, 3.63) is 35.9 Å². The van der Waals surface area contributed by atoms with Crippen molar-refractivity contribution < 1.29 is 4.74 Å². The molecular formula is C17H27NO. The Morgan fingerprint density at radius 2 is 1.89 bits per heavy atom. The first kappa shape index (κ1) is 14.5. The van der Waals surface area contributed by atoms with Gasteiger partial charge in [-0.1, -0.05) is 58.0 Å². The molecule has 2 heteroatoms. The monoisotopic (exact) mass is 261 g/mol. The van der Waals surface area contributed by atoms with E-state index >= 15 is 0 Å². The lowest BCUT2D eigenvalue weighted by molar-refractivity contribution is 0.0410. The Labute approximate surface area is 117 Å². The van der Waals surface area contributed by atoms with E-state index in [4.69, 9.17) is 4.74 Å². The number of rotatable bonds is 2. The fourth-order valence-corrected chi connectivity index (χ4v) is 2.84. The smallest absolute Gasteiger partial charge is 0.0977 e. The molecule has 0 amide bonds. The zero-order valence-corrected chi connectivity index (χ0v) is 12.6. The summed E-state index contributed by atoms with van der Waals surface area (Å²) >= 11 is 0. The number of hydrogen-bond donors (Lipinski definition) is 1. The van der Waals surface area contributed by atoms with Crippen molar-refractivity contribution in [1.29, 1.82) is 0 Å². The number of nitrogens with one attached hydrogen (secondary N) is 1. The SMILES string of the molecule is CCC1NC(C(C)(C)C)CCOC1c1ccccc1. The third kappa shape index (κ3) is 3.58. The molecule has 0 bridgehead atoms. The summed E-state index contributed by atoms with van der Waals surface area (Å²) in [6.07, 6.45) is 2.36. The summed E-state index contributed by atoms with van der Waals surface area (Å²) in [6.45, 7) is 9.99. The first-order valence-corrected chi connectivity index (χ1v) is 7.45. The minimum Gasteiger partial charge on any atom is -0.372 e. The summed E-state index contributed by atoms with van der Waals surface area (Å²) in [7, 11) is 0. The average molecular weight is 261 g/mol. The van der Waals surface area contributed by atoms with Crippen LogP contribution in [0.15, 0.2) is 30.3 Å². The molecule has 1 aliphatic heterocycles. The fourth-order valence-electron chi connectivity index (χ4n) is 2.84. The minimum absolute atomic E-state index is 0.179. The Morgan fingerprint density at radius 3 is 2.47 bits per heavy atom. The van der Waals surface area contributed by atoms with Crippen LogP contribution in [-0.2, 0) is 4.74 Å². The van der Waals surface area contributed by atoms with E-state index in [0.29, 0.717) is 12.1 Å². The molecule has 1 saturated heterocycles. The van der Waals surface area contributed by atoms with Crippen molar-refractivity contribution >= 4 is 0 Å². The maximum atomic E-state index is 6.16. The maximum Gasteiger partial charge on any atom is 0.0977 e. The minimum atomic E-state index is 0.179. The van der Waals surface area contributed by atoms with Crippen LogP contribution in [0, 0.1) is 5.41 Å². The van der Waals surface area contributed by atoms with E-state index in [1.165, 1.54) is 5.56 Å². The van der Waals surface area contributed by atoms with Crippen LogP contribution in [0.5, 0.6) is 0 Å². The molecule has 3 atom stereocenters. The third-order valence-electron chi connectivity index (χ3n) is 4.10. The van der Waals surface area contributed by atoms with Crippen molar-refractivity contribution in [3.63, 3.8) is 0 Å². The van der Waals surface area contributed by atoms with Gasteiger partial charge in [0.25, 0.3) is 0 Å². The Balaban J connectivity index is 2.18. The Hall–Kier alpha value is -0.860. The predicted octanol–water partition coefficient (Wildman–Crippen LogP) is 3.93. The largest absolute Gasteiger partial charge is 0.372 e. The molecule has 19 heavy (non-hydrogen) atoms. The molecule has 1 N–H and O–H groups in total. The van der Waals surface area contributed by atoms with Gasteiger partial charge in [-0.3, -0.25) is 0 Å². The maximum absolute atomic E-state index is 6.16. The van der Waals surface area contributed by atoms with E-state index in [9.17, 15) is 0 Å². The zero-order chi connectivity index (χ0) is 13.9. The molecule has 2 nitrogen and oxygen atoms in total. The second kappa shape index (κ2) is 6.06. The van der Waals surface area contributed by atoms with Gasteiger partial charge in [0.05, 0.1) is 6.10 Å². The first-order valence-electron chi connectivity index (χ1n) is 7.45. The van der Waals surface area contributed by atoms with Crippen molar-refractivity contribution in [3.8, 4) is 0 Å². The van der Waals surface area contributed by atoms with Gasteiger partial charge in [-0.05, 0) is 23.8 Å². The highest BCUT2D eigenvalue weighted by Crippen LogP contribution is 2.31. The topological polar surface area (TPSA) is 21.3 Å². The fraction of sp³-hybridized carbons (Fsp3) is 0.647. The average Bonchev–Trinajstić information content (AvgIpc) is 2.61. The highest BCUT2D eigenvalue weighted by molar-refractivity contribution is 5.19. The number of benzene rings is 1. The van der Waals surface area contributed by atoms with E-state index < -0.39 is 0 Å². The molecule has 1 heterocycles. The molecule has 1 aromatic rings. The van der Waals surface area contributed by atoms with Gasteiger partial charge in [-0.15, -0.1) is 0 Å². The molecule has 0 aliphatic carbocycles.